The van der Waals surface area contributed by atoms with Gasteiger partial charge in [0.15, 0.2) is 5.82 Å². The Balaban J connectivity index is 1.65. The van der Waals surface area contributed by atoms with E-state index in [1.165, 1.54) is 12.8 Å². The monoisotopic (exact) mass is 278 g/mol. The van der Waals surface area contributed by atoms with Crippen molar-refractivity contribution < 1.29 is 4.52 Å². The molecule has 5 nitrogen and oxygen atoms in total. The fraction of sp³-hybridized carbons (Fsp3) is 0.867. The normalized spacial score (nSPS) is 31.6. The molecule has 3 rings (SSSR count). The van der Waals surface area contributed by atoms with Crippen LogP contribution in [0.2, 0.25) is 0 Å². The molecule has 5 heteroatoms. The Kier molecular flexibility index (Phi) is 4.08. The van der Waals surface area contributed by atoms with E-state index in [1.807, 2.05) is 0 Å². The number of fused-ring (bicyclic) bond motifs is 2. The third kappa shape index (κ3) is 2.61. The zero-order valence-corrected chi connectivity index (χ0v) is 12.6. The molecule has 2 saturated heterocycles. The topological polar surface area (TPSA) is 68.2 Å². The maximum absolute atomic E-state index is 6.11. The Morgan fingerprint density at radius 3 is 2.70 bits per heavy atom. The average molecular weight is 278 g/mol. The second-order valence-electron chi connectivity index (χ2n) is 6.46. The minimum atomic E-state index is -0.0980. The summed E-state index contributed by atoms with van der Waals surface area (Å²) in [6.07, 6.45) is 8.14. The first-order valence-corrected chi connectivity index (χ1v) is 8.00. The number of piperidine rings is 1. The average Bonchev–Trinajstić information content (AvgIpc) is 2.99. The number of hydrogen-bond acceptors (Lipinski definition) is 5. The summed E-state index contributed by atoms with van der Waals surface area (Å²) in [5.41, 5.74) is 6.11. The van der Waals surface area contributed by atoms with Crippen LogP contribution in [-0.2, 0) is 0 Å². The van der Waals surface area contributed by atoms with Gasteiger partial charge in [0.2, 0.25) is 5.89 Å². The van der Waals surface area contributed by atoms with Crippen molar-refractivity contribution in [3.05, 3.63) is 11.7 Å². The van der Waals surface area contributed by atoms with Crippen LogP contribution < -0.4 is 5.73 Å². The number of nitrogens with zero attached hydrogens (tertiary/aromatic N) is 3. The summed E-state index contributed by atoms with van der Waals surface area (Å²) in [5.74, 6) is 1.97. The van der Waals surface area contributed by atoms with Crippen molar-refractivity contribution >= 4 is 0 Å². The lowest BCUT2D eigenvalue weighted by atomic mass is 9.90. The van der Waals surface area contributed by atoms with E-state index in [9.17, 15) is 0 Å². The maximum atomic E-state index is 6.11. The number of rotatable bonds is 5. The third-order valence-corrected chi connectivity index (χ3v) is 5.11. The highest BCUT2D eigenvalue weighted by molar-refractivity contribution is 5.06. The van der Waals surface area contributed by atoms with E-state index in [0.29, 0.717) is 23.9 Å². The van der Waals surface area contributed by atoms with Crippen LogP contribution in [0.25, 0.3) is 0 Å². The van der Waals surface area contributed by atoms with Gasteiger partial charge in [-0.05, 0) is 39.2 Å². The number of unbranched alkanes of at least 4 members (excludes halogenated alkanes) is 1. The van der Waals surface area contributed by atoms with Crippen molar-refractivity contribution in [3.63, 3.8) is 0 Å². The molecule has 112 valence electrons. The van der Waals surface area contributed by atoms with Crippen molar-refractivity contribution in [2.24, 2.45) is 5.73 Å². The van der Waals surface area contributed by atoms with Crippen LogP contribution in [0.4, 0.5) is 0 Å². The second-order valence-corrected chi connectivity index (χ2v) is 6.46. The van der Waals surface area contributed by atoms with Gasteiger partial charge >= 0.3 is 0 Å². The smallest absolute Gasteiger partial charge is 0.243 e. The highest BCUT2D eigenvalue weighted by Gasteiger charge is 2.40. The summed E-state index contributed by atoms with van der Waals surface area (Å²) < 4.78 is 5.39. The molecule has 2 N–H and O–H groups in total. The molecule has 0 spiro atoms. The molecule has 0 aliphatic carbocycles. The lowest BCUT2D eigenvalue weighted by Gasteiger charge is -2.34. The van der Waals surface area contributed by atoms with Gasteiger partial charge in [-0.15, -0.1) is 0 Å². The molecular formula is C15H26N4O. The minimum absolute atomic E-state index is 0.0980. The van der Waals surface area contributed by atoms with E-state index in [4.69, 9.17) is 10.3 Å². The predicted molar refractivity (Wildman–Crippen MR) is 77.3 cm³/mol. The first kappa shape index (κ1) is 14.0. The Hall–Kier alpha value is -0.940. The molecule has 3 unspecified atom stereocenters. The number of aromatic nitrogens is 2. The molecule has 1 aromatic rings. The number of hydrogen-bond donors (Lipinski definition) is 1. The molecule has 0 radical (unpaired) electrons. The zero-order valence-electron chi connectivity index (χ0n) is 12.6. The first-order chi connectivity index (χ1) is 9.69. The molecule has 2 aliphatic heterocycles. The Morgan fingerprint density at radius 1 is 1.35 bits per heavy atom. The number of nitrogens with two attached hydrogens (primary N) is 1. The van der Waals surface area contributed by atoms with Crippen LogP contribution >= 0.6 is 0 Å². The van der Waals surface area contributed by atoms with Gasteiger partial charge in [-0.2, -0.15) is 4.98 Å². The Bertz CT molecular complexity index is 433. The van der Waals surface area contributed by atoms with Crippen LogP contribution in [0, 0.1) is 0 Å². The van der Waals surface area contributed by atoms with Crippen molar-refractivity contribution in [1.29, 1.82) is 0 Å². The van der Waals surface area contributed by atoms with Crippen molar-refractivity contribution in [1.82, 2.24) is 15.0 Å². The fourth-order valence-electron chi connectivity index (χ4n) is 3.73. The molecule has 3 heterocycles. The molecule has 2 fully saturated rings. The minimum Gasteiger partial charge on any atom is -0.338 e. The van der Waals surface area contributed by atoms with Crippen LogP contribution in [0.5, 0.6) is 0 Å². The van der Waals surface area contributed by atoms with Crippen molar-refractivity contribution in [2.45, 2.75) is 75.9 Å². The van der Waals surface area contributed by atoms with Gasteiger partial charge in [0, 0.05) is 18.0 Å². The van der Waals surface area contributed by atoms with E-state index < -0.39 is 0 Å². The van der Waals surface area contributed by atoms with Crippen molar-refractivity contribution in [2.75, 3.05) is 7.05 Å². The molecule has 2 aliphatic rings. The highest BCUT2D eigenvalue weighted by atomic mass is 16.5. The van der Waals surface area contributed by atoms with Gasteiger partial charge in [0.25, 0.3) is 0 Å². The molecular weight excluding hydrogens is 252 g/mol. The van der Waals surface area contributed by atoms with Gasteiger partial charge in [-0.25, -0.2) is 0 Å². The second kappa shape index (κ2) is 5.82. The van der Waals surface area contributed by atoms with Gasteiger partial charge in [0.05, 0.1) is 6.04 Å². The molecule has 2 bridgehead atoms. The predicted octanol–water partition coefficient (Wildman–Crippen LogP) is 2.60. The lowest BCUT2D eigenvalue weighted by molar-refractivity contribution is 0.157. The third-order valence-electron chi connectivity index (χ3n) is 5.11. The highest BCUT2D eigenvalue weighted by Crippen LogP contribution is 2.41. The molecule has 20 heavy (non-hydrogen) atoms. The summed E-state index contributed by atoms with van der Waals surface area (Å²) in [5, 5.41) is 4.21. The summed E-state index contributed by atoms with van der Waals surface area (Å²) in [7, 11) is 2.25. The molecule has 0 saturated carbocycles. The van der Waals surface area contributed by atoms with E-state index in [2.05, 4.69) is 29.0 Å². The molecule has 0 amide bonds. The van der Waals surface area contributed by atoms with Crippen LogP contribution in [0.15, 0.2) is 4.52 Å². The lowest BCUT2D eigenvalue weighted by Crippen LogP contribution is -2.39. The van der Waals surface area contributed by atoms with Gasteiger partial charge in [-0.1, -0.05) is 24.9 Å². The quantitative estimate of drug-likeness (QED) is 0.896. The van der Waals surface area contributed by atoms with E-state index >= 15 is 0 Å². The Morgan fingerprint density at radius 2 is 2.05 bits per heavy atom. The molecule has 0 aromatic carbocycles. The van der Waals surface area contributed by atoms with Crippen LogP contribution in [-0.4, -0.2) is 34.2 Å². The summed E-state index contributed by atoms with van der Waals surface area (Å²) >= 11 is 0. The van der Waals surface area contributed by atoms with Crippen LogP contribution in [0.1, 0.15) is 75.5 Å². The summed E-state index contributed by atoms with van der Waals surface area (Å²) in [6, 6.07) is 1.31. The Labute approximate surface area is 120 Å². The van der Waals surface area contributed by atoms with Gasteiger partial charge < -0.3 is 15.2 Å². The van der Waals surface area contributed by atoms with Gasteiger partial charge in [-0.3, -0.25) is 0 Å². The van der Waals surface area contributed by atoms with Gasteiger partial charge in [0.1, 0.15) is 0 Å². The van der Waals surface area contributed by atoms with Crippen LogP contribution in [0.3, 0.4) is 0 Å². The van der Waals surface area contributed by atoms with E-state index in [1.54, 1.807) is 0 Å². The maximum Gasteiger partial charge on any atom is 0.243 e. The molecule has 1 aromatic heterocycles. The zero-order chi connectivity index (χ0) is 14.1. The van der Waals surface area contributed by atoms with Crippen molar-refractivity contribution in [3.8, 4) is 0 Å². The fourth-order valence-corrected chi connectivity index (χ4v) is 3.73. The summed E-state index contributed by atoms with van der Waals surface area (Å²) in [4.78, 5) is 7.12. The SMILES string of the molecule is CCCCC(N)c1nc(C2CC3CCC(C2)N3C)no1. The molecule has 3 atom stereocenters. The summed E-state index contributed by atoms with van der Waals surface area (Å²) in [6.45, 7) is 2.17. The first-order valence-electron chi connectivity index (χ1n) is 8.00. The standard InChI is InChI=1S/C15H26N4O/c1-3-4-5-13(16)15-17-14(18-20-15)10-8-11-6-7-12(9-10)19(11)2/h10-13H,3-9,16H2,1-2H3. The van der Waals surface area contributed by atoms with E-state index in [0.717, 1.165) is 37.9 Å². The largest absolute Gasteiger partial charge is 0.338 e. The van der Waals surface area contributed by atoms with E-state index in [-0.39, 0.29) is 6.04 Å².